The van der Waals surface area contributed by atoms with Crippen LogP contribution in [0.1, 0.15) is 45.4 Å². The van der Waals surface area contributed by atoms with Crippen molar-refractivity contribution in [2.24, 2.45) is 17.3 Å². The third kappa shape index (κ3) is 4.29. The van der Waals surface area contributed by atoms with Crippen LogP contribution in [0.25, 0.3) is 0 Å². The lowest BCUT2D eigenvalue weighted by molar-refractivity contribution is -0.120. The maximum atomic E-state index is 11.7. The molecular weight excluding hydrogens is 248 g/mol. The van der Waals surface area contributed by atoms with Gasteiger partial charge in [-0.1, -0.05) is 19.8 Å². The van der Waals surface area contributed by atoms with Gasteiger partial charge in [-0.2, -0.15) is 0 Å². The summed E-state index contributed by atoms with van der Waals surface area (Å²) in [5.41, 5.74) is -0.0357. The van der Waals surface area contributed by atoms with E-state index >= 15 is 0 Å². The highest BCUT2D eigenvalue weighted by Crippen LogP contribution is 2.39. The van der Waals surface area contributed by atoms with Crippen LogP contribution >= 0.6 is 0 Å². The third-order valence-corrected chi connectivity index (χ3v) is 5.25. The molecule has 0 aromatic carbocycles. The van der Waals surface area contributed by atoms with Gasteiger partial charge in [-0.3, -0.25) is 0 Å². The number of rotatable bonds is 5. The molecule has 1 aliphatic heterocycles. The van der Waals surface area contributed by atoms with Gasteiger partial charge in [-0.15, -0.1) is 0 Å². The third-order valence-electron chi connectivity index (χ3n) is 5.25. The highest BCUT2D eigenvalue weighted by molar-refractivity contribution is 5.60. The van der Waals surface area contributed by atoms with Crippen molar-refractivity contribution in [1.82, 2.24) is 9.80 Å². The molecule has 3 heteroatoms. The predicted molar refractivity (Wildman–Crippen MR) is 83.8 cm³/mol. The van der Waals surface area contributed by atoms with E-state index < -0.39 is 0 Å². The molecule has 3 nitrogen and oxygen atoms in total. The van der Waals surface area contributed by atoms with Crippen LogP contribution in [-0.2, 0) is 4.79 Å². The number of piperidine rings is 1. The molecule has 1 saturated heterocycles. The van der Waals surface area contributed by atoms with Crippen LogP contribution in [0.15, 0.2) is 0 Å². The zero-order valence-electron chi connectivity index (χ0n) is 13.6. The van der Waals surface area contributed by atoms with Crippen LogP contribution in [0.4, 0.5) is 0 Å². The van der Waals surface area contributed by atoms with Gasteiger partial charge in [0, 0.05) is 18.5 Å². The van der Waals surface area contributed by atoms with E-state index in [4.69, 9.17) is 0 Å². The molecule has 0 aromatic heterocycles. The fraction of sp³-hybridized carbons (Fsp3) is 0.941. The van der Waals surface area contributed by atoms with Gasteiger partial charge in [-0.25, -0.2) is 0 Å². The zero-order chi connectivity index (χ0) is 14.6. The fourth-order valence-corrected chi connectivity index (χ4v) is 4.28. The largest absolute Gasteiger partial charge is 0.309 e. The summed E-state index contributed by atoms with van der Waals surface area (Å²) in [6.07, 6.45) is 8.63. The fourth-order valence-electron chi connectivity index (χ4n) is 4.28. The summed E-state index contributed by atoms with van der Waals surface area (Å²) in [4.78, 5) is 16.5. The van der Waals surface area contributed by atoms with Crippen LogP contribution < -0.4 is 0 Å². The first-order chi connectivity index (χ1) is 9.53. The Morgan fingerprint density at radius 2 is 1.95 bits per heavy atom. The lowest BCUT2D eigenvalue weighted by atomic mass is 9.70. The van der Waals surface area contributed by atoms with E-state index in [1.165, 1.54) is 51.6 Å². The topological polar surface area (TPSA) is 23.6 Å². The highest BCUT2D eigenvalue weighted by atomic mass is 16.1. The lowest BCUT2D eigenvalue weighted by Crippen LogP contribution is -2.45. The van der Waals surface area contributed by atoms with Crippen molar-refractivity contribution < 1.29 is 4.79 Å². The second-order valence-corrected chi connectivity index (χ2v) is 7.66. The number of likely N-dealkylation sites (tertiary alicyclic amines) is 1. The van der Waals surface area contributed by atoms with Crippen LogP contribution in [0.2, 0.25) is 0 Å². The minimum absolute atomic E-state index is 0.0357. The van der Waals surface area contributed by atoms with Gasteiger partial charge in [0.1, 0.15) is 6.29 Å². The number of nitrogens with zero attached hydrogens (tertiary/aromatic N) is 2. The van der Waals surface area contributed by atoms with Crippen LogP contribution in [0.5, 0.6) is 0 Å². The monoisotopic (exact) mass is 280 g/mol. The average molecular weight is 280 g/mol. The van der Waals surface area contributed by atoms with Gasteiger partial charge >= 0.3 is 0 Å². The first-order valence-electron chi connectivity index (χ1n) is 8.36. The Morgan fingerprint density at radius 3 is 2.50 bits per heavy atom. The summed E-state index contributed by atoms with van der Waals surface area (Å²) >= 11 is 0. The summed E-state index contributed by atoms with van der Waals surface area (Å²) < 4.78 is 0. The van der Waals surface area contributed by atoms with Crippen molar-refractivity contribution in [2.75, 3.05) is 40.3 Å². The highest BCUT2D eigenvalue weighted by Gasteiger charge is 2.37. The summed E-state index contributed by atoms with van der Waals surface area (Å²) in [7, 11) is 4.33. The molecule has 2 unspecified atom stereocenters. The Labute approximate surface area is 124 Å². The van der Waals surface area contributed by atoms with Gasteiger partial charge in [0.2, 0.25) is 0 Å². The second kappa shape index (κ2) is 7.04. The van der Waals surface area contributed by atoms with Crippen LogP contribution in [0.3, 0.4) is 0 Å². The smallest absolute Gasteiger partial charge is 0.127 e. The summed E-state index contributed by atoms with van der Waals surface area (Å²) in [5.74, 6) is 1.57. The standard InChI is InChI=1S/C17H32N2O/c1-15-5-4-8-17(11-15,14-20)13-19-9-6-16(7-10-19)12-18(2)3/h14-16H,4-13H2,1-3H3. The maximum Gasteiger partial charge on any atom is 0.127 e. The quantitative estimate of drug-likeness (QED) is 0.723. The molecule has 1 saturated carbocycles. The molecule has 0 bridgehead atoms. The number of hydrogen-bond acceptors (Lipinski definition) is 3. The Kier molecular flexibility index (Phi) is 5.62. The molecule has 0 amide bonds. The van der Waals surface area contributed by atoms with Crippen molar-refractivity contribution in [1.29, 1.82) is 0 Å². The normalized spacial score (nSPS) is 33.5. The van der Waals surface area contributed by atoms with Gasteiger partial charge in [-0.05, 0) is 64.7 Å². The SMILES string of the molecule is CC1CCCC(C=O)(CN2CCC(CN(C)C)CC2)C1. The number of hydrogen-bond donors (Lipinski definition) is 0. The van der Waals surface area contributed by atoms with E-state index in [0.717, 1.165) is 31.2 Å². The molecular formula is C17H32N2O. The van der Waals surface area contributed by atoms with E-state index in [1.807, 2.05) is 0 Å². The average Bonchev–Trinajstić information content (AvgIpc) is 2.40. The molecule has 0 N–H and O–H groups in total. The number of carbonyl (C=O) groups is 1. The van der Waals surface area contributed by atoms with Gasteiger partial charge in [0.25, 0.3) is 0 Å². The lowest BCUT2D eigenvalue weighted by Gasteiger charge is -2.42. The molecule has 1 aliphatic carbocycles. The van der Waals surface area contributed by atoms with Crippen molar-refractivity contribution in [2.45, 2.75) is 45.4 Å². The predicted octanol–water partition coefficient (Wildman–Crippen LogP) is 2.66. The first kappa shape index (κ1) is 16.0. The van der Waals surface area contributed by atoms with Crippen molar-refractivity contribution >= 4 is 6.29 Å². The molecule has 0 aromatic rings. The second-order valence-electron chi connectivity index (χ2n) is 7.66. The van der Waals surface area contributed by atoms with Gasteiger partial charge < -0.3 is 14.6 Å². The molecule has 2 atom stereocenters. The van der Waals surface area contributed by atoms with Crippen LogP contribution in [-0.4, -0.2) is 56.4 Å². The van der Waals surface area contributed by atoms with Gasteiger partial charge in [0.05, 0.1) is 0 Å². The van der Waals surface area contributed by atoms with Crippen molar-refractivity contribution in [3.63, 3.8) is 0 Å². The zero-order valence-corrected chi connectivity index (χ0v) is 13.6. The molecule has 2 fully saturated rings. The summed E-state index contributed by atoms with van der Waals surface area (Å²) in [6.45, 7) is 6.89. The molecule has 0 spiro atoms. The molecule has 116 valence electrons. The Morgan fingerprint density at radius 1 is 1.25 bits per heavy atom. The summed E-state index contributed by atoms with van der Waals surface area (Å²) in [5, 5.41) is 0. The van der Waals surface area contributed by atoms with Crippen molar-refractivity contribution in [3.05, 3.63) is 0 Å². The Hall–Kier alpha value is -0.410. The van der Waals surface area contributed by atoms with Crippen LogP contribution in [0, 0.1) is 17.3 Å². The molecule has 0 radical (unpaired) electrons. The molecule has 2 aliphatic rings. The number of carbonyl (C=O) groups excluding carboxylic acids is 1. The van der Waals surface area contributed by atoms with E-state index in [-0.39, 0.29) is 5.41 Å². The minimum atomic E-state index is -0.0357. The maximum absolute atomic E-state index is 11.7. The van der Waals surface area contributed by atoms with E-state index in [2.05, 4.69) is 30.8 Å². The molecule has 20 heavy (non-hydrogen) atoms. The molecule has 2 rings (SSSR count). The molecule has 1 heterocycles. The van der Waals surface area contributed by atoms with E-state index in [9.17, 15) is 4.79 Å². The Balaban J connectivity index is 1.83. The van der Waals surface area contributed by atoms with E-state index in [1.54, 1.807) is 0 Å². The Bertz CT molecular complexity index is 310. The van der Waals surface area contributed by atoms with Gasteiger partial charge in [0.15, 0.2) is 0 Å². The van der Waals surface area contributed by atoms with E-state index in [0.29, 0.717) is 0 Å². The number of aldehydes is 1. The first-order valence-corrected chi connectivity index (χ1v) is 8.36. The minimum Gasteiger partial charge on any atom is -0.309 e. The van der Waals surface area contributed by atoms with Crippen molar-refractivity contribution in [3.8, 4) is 0 Å². The summed E-state index contributed by atoms with van der Waals surface area (Å²) in [6, 6.07) is 0.